The largest absolute Gasteiger partial charge is 0.444 e. The van der Waals surface area contributed by atoms with Crippen molar-refractivity contribution < 1.29 is 14.5 Å². The lowest BCUT2D eigenvalue weighted by Gasteiger charge is -2.23. The number of nitro groups is 1. The molecule has 8 heteroatoms. The Labute approximate surface area is 143 Å². The Morgan fingerprint density at radius 1 is 1.38 bits per heavy atom. The second-order valence-electron chi connectivity index (χ2n) is 6.20. The summed E-state index contributed by atoms with van der Waals surface area (Å²) < 4.78 is 5.29. The molecular weight excluding hydrogens is 330 g/mol. The van der Waals surface area contributed by atoms with E-state index in [1.807, 2.05) is 5.38 Å². The summed E-state index contributed by atoms with van der Waals surface area (Å²) in [6, 6.07) is 5.88. The summed E-state index contributed by atoms with van der Waals surface area (Å²) in [5.74, 6) is 0. The Kier molecular flexibility index (Phi) is 5.50. The molecule has 1 atom stereocenters. The van der Waals surface area contributed by atoms with Crippen LogP contribution in [0.15, 0.2) is 35.8 Å². The van der Waals surface area contributed by atoms with Crippen molar-refractivity contribution in [1.82, 2.24) is 10.3 Å². The number of nitrogens with one attached hydrogen (secondary N) is 1. The van der Waals surface area contributed by atoms with E-state index < -0.39 is 16.6 Å². The molecule has 1 aromatic heterocycles. The van der Waals surface area contributed by atoms with Gasteiger partial charge in [0.2, 0.25) is 0 Å². The summed E-state index contributed by atoms with van der Waals surface area (Å²) in [4.78, 5) is 26.6. The summed E-state index contributed by atoms with van der Waals surface area (Å²) in [5, 5.41) is 16.1. The number of ether oxygens (including phenoxy) is 1. The van der Waals surface area contributed by atoms with Gasteiger partial charge in [0.25, 0.3) is 5.69 Å². The zero-order chi connectivity index (χ0) is 17.7. The number of non-ortho nitro benzene ring substituents is 1. The monoisotopic (exact) mass is 349 g/mol. The number of amides is 1. The maximum Gasteiger partial charge on any atom is 0.408 e. The van der Waals surface area contributed by atoms with Crippen molar-refractivity contribution in [2.75, 3.05) is 0 Å². The summed E-state index contributed by atoms with van der Waals surface area (Å²) in [6.45, 7) is 5.38. The molecule has 1 heterocycles. The first-order valence-corrected chi connectivity index (χ1v) is 8.25. The van der Waals surface area contributed by atoms with Crippen molar-refractivity contribution in [3.63, 3.8) is 0 Å². The molecule has 0 bridgehead atoms. The number of hydrogen-bond acceptors (Lipinski definition) is 6. The van der Waals surface area contributed by atoms with Crippen molar-refractivity contribution in [3.05, 3.63) is 56.5 Å². The van der Waals surface area contributed by atoms with Gasteiger partial charge >= 0.3 is 6.09 Å². The van der Waals surface area contributed by atoms with Crippen molar-refractivity contribution >= 4 is 23.1 Å². The number of thiazole rings is 1. The van der Waals surface area contributed by atoms with Crippen LogP contribution in [-0.2, 0) is 11.2 Å². The number of carbonyl (C=O) groups is 1. The zero-order valence-corrected chi connectivity index (χ0v) is 14.5. The Morgan fingerprint density at radius 3 is 2.54 bits per heavy atom. The Balaban J connectivity index is 2.12. The van der Waals surface area contributed by atoms with E-state index in [0.717, 1.165) is 10.6 Å². The molecule has 2 rings (SSSR count). The van der Waals surface area contributed by atoms with Crippen molar-refractivity contribution in [1.29, 1.82) is 0 Å². The third-order valence-corrected chi connectivity index (χ3v) is 3.92. The van der Waals surface area contributed by atoms with Crippen LogP contribution in [0.2, 0.25) is 0 Å². The van der Waals surface area contributed by atoms with Crippen LogP contribution >= 0.6 is 11.3 Å². The lowest BCUT2D eigenvalue weighted by Crippen LogP contribution is -2.35. The van der Waals surface area contributed by atoms with Gasteiger partial charge in [0.15, 0.2) is 0 Å². The first kappa shape index (κ1) is 17.9. The summed E-state index contributed by atoms with van der Waals surface area (Å²) in [6.07, 6.45) is 1.61. The molecule has 0 saturated carbocycles. The first-order chi connectivity index (χ1) is 11.2. The average molecular weight is 349 g/mol. The van der Waals surface area contributed by atoms with Crippen LogP contribution in [0.3, 0.4) is 0 Å². The van der Waals surface area contributed by atoms with Gasteiger partial charge in [-0.3, -0.25) is 10.1 Å². The minimum absolute atomic E-state index is 0.0321. The van der Waals surface area contributed by atoms with Crippen LogP contribution in [0.5, 0.6) is 0 Å². The molecule has 0 aliphatic carbocycles. The summed E-state index contributed by atoms with van der Waals surface area (Å²) in [5.41, 5.74) is 0.298. The molecule has 0 radical (unpaired) electrons. The molecule has 0 aliphatic heterocycles. The Hall–Kier alpha value is -2.48. The van der Waals surface area contributed by atoms with Crippen LogP contribution in [0.1, 0.15) is 37.4 Å². The summed E-state index contributed by atoms with van der Waals surface area (Å²) in [7, 11) is 0. The normalized spacial score (nSPS) is 12.5. The quantitative estimate of drug-likeness (QED) is 0.653. The van der Waals surface area contributed by atoms with Crippen LogP contribution in [0.25, 0.3) is 0 Å². The predicted octanol–water partition coefficient (Wildman–Crippen LogP) is 3.86. The van der Waals surface area contributed by atoms with E-state index in [1.165, 1.54) is 23.5 Å². The highest BCUT2D eigenvalue weighted by molar-refractivity contribution is 7.09. The van der Waals surface area contributed by atoms with Crippen molar-refractivity contribution in [2.45, 2.75) is 38.8 Å². The lowest BCUT2D eigenvalue weighted by atomic mass is 10.1. The number of rotatable bonds is 5. The molecule has 128 valence electrons. The van der Waals surface area contributed by atoms with E-state index in [-0.39, 0.29) is 11.7 Å². The number of alkyl carbamates (subject to hydrolysis) is 1. The van der Waals surface area contributed by atoms with E-state index in [0.29, 0.717) is 6.42 Å². The molecule has 0 aliphatic rings. The van der Waals surface area contributed by atoms with Gasteiger partial charge in [-0.15, -0.1) is 11.3 Å². The van der Waals surface area contributed by atoms with Crippen molar-refractivity contribution in [3.8, 4) is 0 Å². The van der Waals surface area contributed by atoms with Gasteiger partial charge in [0, 0.05) is 23.7 Å². The van der Waals surface area contributed by atoms with E-state index in [9.17, 15) is 14.9 Å². The third kappa shape index (κ3) is 5.31. The number of nitrogens with zero attached hydrogens (tertiary/aromatic N) is 2. The molecule has 1 amide bonds. The Bertz CT molecular complexity index is 693. The minimum Gasteiger partial charge on any atom is -0.444 e. The smallest absolute Gasteiger partial charge is 0.408 e. The first-order valence-electron chi connectivity index (χ1n) is 7.37. The topological polar surface area (TPSA) is 94.4 Å². The number of nitro benzene ring substituents is 1. The van der Waals surface area contributed by atoms with Gasteiger partial charge in [0.05, 0.1) is 11.0 Å². The molecule has 0 unspecified atom stereocenters. The highest BCUT2D eigenvalue weighted by Gasteiger charge is 2.22. The SMILES string of the molecule is CC(C)(C)OC(=O)N[C@@H](Cc1ccc([N+](=O)[O-])cc1)c1nccs1. The Morgan fingerprint density at radius 2 is 2.04 bits per heavy atom. The fraction of sp³-hybridized carbons (Fsp3) is 0.375. The van der Waals surface area contributed by atoms with Crippen LogP contribution in [0.4, 0.5) is 10.5 Å². The van der Waals surface area contributed by atoms with E-state index in [4.69, 9.17) is 4.74 Å². The molecule has 0 spiro atoms. The molecule has 0 saturated heterocycles. The fourth-order valence-corrected chi connectivity index (χ4v) is 2.74. The average Bonchev–Trinajstić information content (AvgIpc) is 2.99. The number of hydrogen-bond donors (Lipinski definition) is 1. The fourth-order valence-electron chi connectivity index (χ4n) is 2.05. The second kappa shape index (κ2) is 7.39. The second-order valence-corrected chi connectivity index (χ2v) is 7.12. The van der Waals surface area contributed by atoms with Crippen LogP contribution < -0.4 is 5.32 Å². The molecule has 24 heavy (non-hydrogen) atoms. The molecule has 1 N–H and O–H groups in total. The molecule has 7 nitrogen and oxygen atoms in total. The van der Waals surface area contributed by atoms with Gasteiger partial charge in [-0.2, -0.15) is 0 Å². The third-order valence-electron chi connectivity index (χ3n) is 3.03. The minimum atomic E-state index is -0.592. The van der Waals surface area contributed by atoms with E-state index in [2.05, 4.69) is 10.3 Å². The van der Waals surface area contributed by atoms with Gasteiger partial charge in [-0.05, 0) is 32.8 Å². The maximum absolute atomic E-state index is 12.1. The zero-order valence-electron chi connectivity index (χ0n) is 13.7. The van der Waals surface area contributed by atoms with Crippen LogP contribution in [0, 0.1) is 10.1 Å². The highest BCUT2D eigenvalue weighted by Crippen LogP contribution is 2.22. The molecule has 2 aromatic rings. The molecule has 0 fully saturated rings. The van der Waals surface area contributed by atoms with Gasteiger partial charge in [-0.25, -0.2) is 9.78 Å². The lowest BCUT2D eigenvalue weighted by molar-refractivity contribution is -0.384. The predicted molar refractivity (Wildman–Crippen MR) is 91.0 cm³/mol. The van der Waals surface area contributed by atoms with Crippen molar-refractivity contribution in [2.24, 2.45) is 0 Å². The van der Waals surface area contributed by atoms with Crippen LogP contribution in [-0.4, -0.2) is 21.6 Å². The summed E-state index contributed by atoms with van der Waals surface area (Å²) >= 11 is 1.43. The molecular formula is C16H19N3O4S. The number of carbonyl (C=O) groups excluding carboxylic acids is 1. The highest BCUT2D eigenvalue weighted by atomic mass is 32.1. The number of benzene rings is 1. The molecule has 1 aromatic carbocycles. The maximum atomic E-state index is 12.1. The number of aromatic nitrogens is 1. The van der Waals surface area contributed by atoms with E-state index >= 15 is 0 Å². The van der Waals surface area contributed by atoms with E-state index in [1.54, 1.807) is 39.1 Å². The standard InChI is InChI=1S/C16H19N3O4S/c1-16(2,3)23-15(20)18-13(14-17-8-9-24-14)10-11-4-6-12(7-5-11)19(21)22/h4-9,13H,10H2,1-3H3,(H,18,20)/t13-/m0/s1. The van der Waals surface area contributed by atoms with Gasteiger partial charge in [-0.1, -0.05) is 12.1 Å². The van der Waals surface area contributed by atoms with Gasteiger partial charge in [0.1, 0.15) is 10.6 Å². The van der Waals surface area contributed by atoms with Gasteiger partial charge < -0.3 is 10.1 Å².